The molecule has 1 nitrogen and oxygen atoms in total. The van der Waals surface area contributed by atoms with Crippen LogP contribution in [0.3, 0.4) is 0 Å². The predicted octanol–water partition coefficient (Wildman–Crippen LogP) is 5.75. The summed E-state index contributed by atoms with van der Waals surface area (Å²) in [7, 11) is 0. The summed E-state index contributed by atoms with van der Waals surface area (Å²) in [5.74, 6) is 0. The molecule has 0 fully saturated rings. The lowest BCUT2D eigenvalue weighted by Gasteiger charge is -2.23. The van der Waals surface area contributed by atoms with Gasteiger partial charge in [0.15, 0.2) is 0 Å². The van der Waals surface area contributed by atoms with E-state index in [0.717, 1.165) is 11.4 Å². The maximum atomic E-state index is 6.09. The van der Waals surface area contributed by atoms with E-state index in [1.807, 2.05) is 18.2 Å². The zero-order valence-electron chi connectivity index (χ0n) is 11.7. The third kappa shape index (κ3) is 4.21. The topological polar surface area (TPSA) is 12.0 Å². The molecule has 0 saturated carbocycles. The minimum Gasteiger partial charge on any atom is -0.303 e. The Kier molecular flexibility index (Phi) is 5.87. The lowest BCUT2D eigenvalue weighted by atomic mass is 10.0. The van der Waals surface area contributed by atoms with Crippen molar-refractivity contribution in [2.75, 3.05) is 0 Å². The highest BCUT2D eigenvalue weighted by molar-refractivity contribution is 14.1. The van der Waals surface area contributed by atoms with Crippen LogP contribution < -0.4 is 5.32 Å². The summed E-state index contributed by atoms with van der Waals surface area (Å²) in [4.78, 5) is 0. The molecule has 3 heteroatoms. The highest BCUT2D eigenvalue weighted by Crippen LogP contribution is 2.24. The maximum absolute atomic E-state index is 6.09. The Balaban J connectivity index is 2.11. The van der Waals surface area contributed by atoms with Gasteiger partial charge >= 0.3 is 0 Å². The van der Waals surface area contributed by atoms with Crippen LogP contribution in [0.5, 0.6) is 0 Å². The molecule has 0 aliphatic heterocycles. The first-order valence-electron chi connectivity index (χ1n) is 6.87. The second-order valence-electron chi connectivity index (χ2n) is 4.96. The molecule has 0 aromatic heterocycles. The van der Waals surface area contributed by atoms with E-state index < -0.39 is 0 Å². The average molecular weight is 400 g/mol. The van der Waals surface area contributed by atoms with Crippen molar-refractivity contribution in [3.8, 4) is 0 Å². The smallest absolute Gasteiger partial charge is 0.0409 e. The van der Waals surface area contributed by atoms with Crippen LogP contribution in [0.4, 0.5) is 0 Å². The molecule has 0 aliphatic carbocycles. The van der Waals surface area contributed by atoms with E-state index in [1.54, 1.807) is 0 Å². The summed E-state index contributed by atoms with van der Waals surface area (Å²) in [5.41, 5.74) is 2.56. The molecule has 0 aliphatic rings. The fourth-order valence-electron chi connectivity index (χ4n) is 2.32. The van der Waals surface area contributed by atoms with E-state index in [-0.39, 0.29) is 0 Å². The third-order valence-corrected chi connectivity index (χ3v) is 4.43. The van der Waals surface area contributed by atoms with Gasteiger partial charge in [-0.05, 0) is 71.3 Å². The first kappa shape index (κ1) is 15.8. The Morgan fingerprint density at radius 2 is 1.80 bits per heavy atom. The quantitative estimate of drug-likeness (QED) is 0.632. The van der Waals surface area contributed by atoms with Crippen molar-refractivity contribution in [2.45, 2.75) is 32.4 Å². The minimum atomic E-state index is 0.316. The fraction of sp³-hybridized carbons (Fsp3) is 0.294. The van der Waals surface area contributed by atoms with Crippen molar-refractivity contribution in [1.29, 1.82) is 0 Å². The molecule has 2 aromatic rings. The predicted molar refractivity (Wildman–Crippen MR) is 95.2 cm³/mol. The van der Waals surface area contributed by atoms with Crippen LogP contribution in [0.1, 0.15) is 43.5 Å². The second kappa shape index (κ2) is 7.43. The molecular formula is C17H19ClIN. The molecule has 0 bridgehead atoms. The van der Waals surface area contributed by atoms with Gasteiger partial charge in [-0.2, -0.15) is 0 Å². The van der Waals surface area contributed by atoms with Crippen molar-refractivity contribution >= 4 is 34.2 Å². The van der Waals surface area contributed by atoms with E-state index in [4.69, 9.17) is 11.6 Å². The van der Waals surface area contributed by atoms with Crippen LogP contribution >= 0.6 is 34.2 Å². The second-order valence-corrected chi connectivity index (χ2v) is 6.64. The first-order chi connectivity index (χ1) is 9.60. The van der Waals surface area contributed by atoms with Gasteiger partial charge in [0.05, 0.1) is 0 Å². The molecule has 20 heavy (non-hydrogen) atoms. The van der Waals surface area contributed by atoms with E-state index in [9.17, 15) is 0 Å². The highest BCUT2D eigenvalue weighted by Gasteiger charge is 2.14. The minimum absolute atomic E-state index is 0.316. The van der Waals surface area contributed by atoms with Crippen LogP contribution in [0.25, 0.3) is 0 Å². The van der Waals surface area contributed by atoms with Crippen LogP contribution in [0.15, 0.2) is 48.5 Å². The summed E-state index contributed by atoms with van der Waals surface area (Å²) in [6.07, 6.45) is 1.04. The Bertz CT molecular complexity index is 553. The monoisotopic (exact) mass is 399 g/mol. The number of rotatable bonds is 5. The SMILES string of the molecule is CCC(NC(C)c1ccc(I)cc1)c1cccc(Cl)c1. The van der Waals surface area contributed by atoms with E-state index in [2.05, 4.69) is 72.1 Å². The molecule has 106 valence electrons. The fourth-order valence-corrected chi connectivity index (χ4v) is 2.88. The molecule has 2 aromatic carbocycles. The summed E-state index contributed by atoms with van der Waals surface area (Å²) in [6, 6.07) is 17.4. The molecule has 0 amide bonds. The first-order valence-corrected chi connectivity index (χ1v) is 8.32. The van der Waals surface area contributed by atoms with Gasteiger partial charge in [-0.1, -0.05) is 42.8 Å². The van der Waals surface area contributed by atoms with Gasteiger partial charge in [0, 0.05) is 20.7 Å². The normalized spacial score (nSPS) is 14.0. The number of halogens is 2. The number of nitrogens with one attached hydrogen (secondary N) is 1. The lowest BCUT2D eigenvalue weighted by Crippen LogP contribution is -2.24. The maximum Gasteiger partial charge on any atom is 0.0409 e. The molecule has 2 atom stereocenters. The summed E-state index contributed by atoms with van der Waals surface area (Å²) in [5, 5.41) is 4.48. The van der Waals surface area contributed by atoms with Crippen LogP contribution in [-0.2, 0) is 0 Å². The number of hydrogen-bond donors (Lipinski definition) is 1. The van der Waals surface area contributed by atoms with Crippen molar-refractivity contribution < 1.29 is 0 Å². The Labute approximate surface area is 139 Å². The van der Waals surface area contributed by atoms with Crippen molar-refractivity contribution in [1.82, 2.24) is 5.32 Å². The number of hydrogen-bond acceptors (Lipinski definition) is 1. The molecular weight excluding hydrogens is 381 g/mol. The molecule has 2 rings (SSSR count). The largest absolute Gasteiger partial charge is 0.303 e. The standard InChI is InChI=1S/C17H19ClIN/c1-3-17(14-5-4-6-15(18)11-14)20-12(2)13-7-9-16(19)10-8-13/h4-12,17,20H,3H2,1-2H3. The highest BCUT2D eigenvalue weighted by atomic mass is 127. The molecule has 0 saturated heterocycles. The van der Waals surface area contributed by atoms with Gasteiger partial charge in [0.25, 0.3) is 0 Å². The van der Waals surface area contributed by atoms with Gasteiger partial charge in [0.2, 0.25) is 0 Å². The van der Waals surface area contributed by atoms with Gasteiger partial charge in [0.1, 0.15) is 0 Å². The summed E-state index contributed by atoms with van der Waals surface area (Å²) >= 11 is 8.42. The lowest BCUT2D eigenvalue weighted by molar-refractivity contribution is 0.456. The van der Waals surface area contributed by atoms with Gasteiger partial charge in [-0.25, -0.2) is 0 Å². The van der Waals surface area contributed by atoms with Crippen LogP contribution in [0.2, 0.25) is 5.02 Å². The van der Waals surface area contributed by atoms with E-state index >= 15 is 0 Å². The van der Waals surface area contributed by atoms with E-state index in [0.29, 0.717) is 12.1 Å². The average Bonchev–Trinajstić information content (AvgIpc) is 2.45. The van der Waals surface area contributed by atoms with Gasteiger partial charge in [-0.15, -0.1) is 0 Å². The van der Waals surface area contributed by atoms with Gasteiger partial charge in [-0.3, -0.25) is 0 Å². The van der Waals surface area contributed by atoms with Crippen LogP contribution in [0, 0.1) is 3.57 Å². The molecule has 0 radical (unpaired) electrons. The molecule has 2 unspecified atom stereocenters. The number of benzene rings is 2. The van der Waals surface area contributed by atoms with Crippen molar-refractivity contribution in [3.63, 3.8) is 0 Å². The van der Waals surface area contributed by atoms with E-state index in [1.165, 1.54) is 14.7 Å². The Morgan fingerprint density at radius 3 is 2.40 bits per heavy atom. The van der Waals surface area contributed by atoms with Gasteiger partial charge < -0.3 is 5.32 Å². The van der Waals surface area contributed by atoms with Crippen molar-refractivity contribution in [2.24, 2.45) is 0 Å². The summed E-state index contributed by atoms with van der Waals surface area (Å²) in [6.45, 7) is 4.40. The molecule has 0 heterocycles. The zero-order valence-corrected chi connectivity index (χ0v) is 14.6. The summed E-state index contributed by atoms with van der Waals surface area (Å²) < 4.78 is 1.26. The zero-order chi connectivity index (χ0) is 14.5. The molecule has 1 N–H and O–H groups in total. The van der Waals surface area contributed by atoms with Crippen LogP contribution in [-0.4, -0.2) is 0 Å². The van der Waals surface area contributed by atoms with Crippen molar-refractivity contribution in [3.05, 3.63) is 68.3 Å². The molecule has 0 spiro atoms. The Morgan fingerprint density at radius 1 is 1.10 bits per heavy atom. The third-order valence-electron chi connectivity index (χ3n) is 3.48. The Hall–Kier alpha value is -0.580.